The number of halogens is 3. The van der Waals surface area contributed by atoms with E-state index in [9.17, 15) is 13.2 Å². The van der Waals surface area contributed by atoms with Gasteiger partial charge in [-0.3, -0.25) is 0 Å². The van der Waals surface area contributed by atoms with Crippen molar-refractivity contribution in [3.8, 4) is 23.0 Å². The van der Waals surface area contributed by atoms with E-state index in [1.807, 2.05) is 0 Å². The number of benzene rings is 2. The van der Waals surface area contributed by atoms with Crippen molar-refractivity contribution in [2.24, 2.45) is 5.16 Å². The molecule has 0 fully saturated rings. The van der Waals surface area contributed by atoms with Gasteiger partial charge in [0, 0.05) is 5.56 Å². The number of alkyl halides is 3. The molecular weight excluding hydrogens is 391 g/mol. The van der Waals surface area contributed by atoms with Crippen LogP contribution < -0.4 is 9.47 Å². The predicted molar refractivity (Wildman–Crippen MR) is 94.1 cm³/mol. The molecule has 1 aromatic heterocycles. The molecule has 7 nitrogen and oxygen atoms in total. The average Bonchev–Trinajstić information content (AvgIpc) is 3.31. The summed E-state index contributed by atoms with van der Waals surface area (Å²) in [7, 11) is 0. The van der Waals surface area contributed by atoms with Gasteiger partial charge in [-0.1, -0.05) is 28.5 Å². The first-order valence-corrected chi connectivity index (χ1v) is 8.53. The maximum absolute atomic E-state index is 12.2. The Morgan fingerprint density at radius 2 is 1.86 bits per heavy atom. The molecule has 0 bridgehead atoms. The van der Waals surface area contributed by atoms with Crippen LogP contribution in [0.5, 0.6) is 11.5 Å². The van der Waals surface area contributed by atoms with Gasteiger partial charge in [-0.15, -0.1) is 13.2 Å². The minimum absolute atomic E-state index is 0.301. The molecule has 0 radical (unpaired) electrons. The number of rotatable bonds is 4. The standard InChI is InChI=1S/C19H14F3N3O4/c1-11-23-18(29-24-11)13-3-2-4-15(9-13)26-17-10-16(28-25-17)12-5-7-14(8-6-12)27-19(20,21)22/h2-9,16H,10H2,1H3/t16-/m0/s1. The highest BCUT2D eigenvalue weighted by molar-refractivity contribution is 5.80. The first-order chi connectivity index (χ1) is 13.9. The summed E-state index contributed by atoms with van der Waals surface area (Å²) in [5.74, 6) is 1.44. The van der Waals surface area contributed by atoms with Gasteiger partial charge in [-0.25, -0.2) is 0 Å². The van der Waals surface area contributed by atoms with E-state index in [1.165, 1.54) is 24.3 Å². The fraction of sp³-hybridized carbons (Fsp3) is 0.211. The Hall–Kier alpha value is -3.56. The van der Waals surface area contributed by atoms with Crippen LogP contribution in [-0.4, -0.2) is 22.4 Å². The Labute approximate surface area is 162 Å². The molecule has 2 aromatic carbocycles. The normalized spacial score (nSPS) is 16.3. The summed E-state index contributed by atoms with van der Waals surface area (Å²) in [5, 5.41) is 7.66. The molecule has 0 saturated carbocycles. The molecule has 1 aliphatic heterocycles. The minimum Gasteiger partial charge on any atom is -0.440 e. The first-order valence-electron chi connectivity index (χ1n) is 8.53. The number of hydrogen-bond acceptors (Lipinski definition) is 7. The first kappa shape index (κ1) is 18.8. The van der Waals surface area contributed by atoms with E-state index in [2.05, 4.69) is 20.0 Å². The highest BCUT2D eigenvalue weighted by Gasteiger charge is 2.31. The fourth-order valence-corrected chi connectivity index (χ4v) is 2.72. The quantitative estimate of drug-likeness (QED) is 0.621. The summed E-state index contributed by atoms with van der Waals surface area (Å²) < 4.78 is 51.5. The molecule has 0 amide bonds. The Bertz CT molecular complexity index is 1030. The van der Waals surface area contributed by atoms with E-state index in [0.717, 1.165) is 0 Å². The van der Waals surface area contributed by atoms with Crippen molar-refractivity contribution in [3.05, 3.63) is 59.9 Å². The summed E-state index contributed by atoms with van der Waals surface area (Å²) >= 11 is 0. The van der Waals surface area contributed by atoms with Crippen molar-refractivity contribution in [3.63, 3.8) is 0 Å². The Balaban J connectivity index is 1.39. The van der Waals surface area contributed by atoms with Gasteiger partial charge >= 0.3 is 6.36 Å². The van der Waals surface area contributed by atoms with E-state index in [4.69, 9.17) is 14.1 Å². The van der Waals surface area contributed by atoms with Crippen LogP contribution >= 0.6 is 0 Å². The lowest BCUT2D eigenvalue weighted by atomic mass is 10.1. The zero-order valence-corrected chi connectivity index (χ0v) is 15.0. The van der Waals surface area contributed by atoms with Gasteiger partial charge in [0.2, 0.25) is 5.90 Å². The topological polar surface area (TPSA) is 79.0 Å². The lowest BCUT2D eigenvalue weighted by Gasteiger charge is -2.11. The van der Waals surface area contributed by atoms with E-state index in [1.54, 1.807) is 31.2 Å². The van der Waals surface area contributed by atoms with Crippen molar-refractivity contribution in [2.45, 2.75) is 25.8 Å². The highest BCUT2D eigenvalue weighted by atomic mass is 19.4. The second kappa shape index (κ2) is 7.46. The van der Waals surface area contributed by atoms with Gasteiger partial charge in [0.1, 0.15) is 11.5 Å². The Morgan fingerprint density at radius 3 is 2.55 bits per heavy atom. The summed E-state index contributed by atoms with van der Waals surface area (Å²) in [4.78, 5) is 9.51. The van der Waals surface area contributed by atoms with Crippen LogP contribution in [0.15, 0.2) is 58.2 Å². The third-order valence-corrected chi connectivity index (χ3v) is 3.97. The van der Waals surface area contributed by atoms with Crippen LogP contribution in [0.1, 0.15) is 23.9 Å². The molecule has 1 atom stereocenters. The summed E-state index contributed by atoms with van der Waals surface area (Å²) in [6, 6.07) is 12.5. The molecule has 3 aromatic rings. The number of ether oxygens (including phenoxy) is 2. The molecule has 29 heavy (non-hydrogen) atoms. The molecule has 4 rings (SSSR count). The minimum atomic E-state index is -4.73. The van der Waals surface area contributed by atoms with Crippen LogP contribution in [0.2, 0.25) is 0 Å². The van der Waals surface area contributed by atoms with Crippen LogP contribution in [0.3, 0.4) is 0 Å². The second-order valence-corrected chi connectivity index (χ2v) is 6.18. The number of aryl methyl sites for hydroxylation is 1. The fourth-order valence-electron chi connectivity index (χ4n) is 2.72. The number of nitrogens with zero attached hydrogens (tertiary/aromatic N) is 3. The third kappa shape index (κ3) is 4.65. The maximum Gasteiger partial charge on any atom is 0.573 e. The number of hydrogen-bond donors (Lipinski definition) is 0. The molecule has 0 N–H and O–H groups in total. The lowest BCUT2D eigenvalue weighted by molar-refractivity contribution is -0.274. The third-order valence-electron chi connectivity index (χ3n) is 3.97. The van der Waals surface area contributed by atoms with E-state index in [0.29, 0.717) is 40.9 Å². The molecule has 0 aliphatic carbocycles. The summed E-state index contributed by atoms with van der Waals surface area (Å²) in [5.41, 5.74) is 1.34. The highest BCUT2D eigenvalue weighted by Crippen LogP contribution is 2.31. The van der Waals surface area contributed by atoms with Gasteiger partial charge in [0.15, 0.2) is 11.9 Å². The van der Waals surface area contributed by atoms with Gasteiger partial charge in [0.05, 0.1) is 6.42 Å². The van der Waals surface area contributed by atoms with Gasteiger partial charge in [-0.2, -0.15) is 4.98 Å². The van der Waals surface area contributed by atoms with Crippen LogP contribution in [-0.2, 0) is 4.84 Å². The Kier molecular flexibility index (Phi) is 4.83. The van der Waals surface area contributed by atoms with Crippen LogP contribution in [0, 0.1) is 6.92 Å². The molecule has 0 spiro atoms. The molecular formula is C19H14F3N3O4. The predicted octanol–water partition coefficient (Wildman–Crippen LogP) is 4.80. The molecule has 2 heterocycles. The molecule has 0 unspecified atom stereocenters. The maximum atomic E-state index is 12.2. The van der Waals surface area contributed by atoms with E-state index in [-0.39, 0.29) is 5.75 Å². The summed E-state index contributed by atoms with van der Waals surface area (Å²) in [6.07, 6.45) is -4.88. The monoisotopic (exact) mass is 405 g/mol. The van der Waals surface area contributed by atoms with Crippen molar-refractivity contribution in [1.82, 2.24) is 10.1 Å². The van der Waals surface area contributed by atoms with Crippen molar-refractivity contribution in [2.75, 3.05) is 0 Å². The zero-order valence-electron chi connectivity index (χ0n) is 15.0. The van der Waals surface area contributed by atoms with Gasteiger partial charge in [0.25, 0.3) is 5.89 Å². The zero-order chi connectivity index (χ0) is 20.4. The van der Waals surface area contributed by atoms with E-state index >= 15 is 0 Å². The molecule has 150 valence electrons. The van der Waals surface area contributed by atoms with Gasteiger partial charge in [-0.05, 0) is 42.8 Å². The van der Waals surface area contributed by atoms with Crippen LogP contribution in [0.4, 0.5) is 13.2 Å². The second-order valence-electron chi connectivity index (χ2n) is 6.18. The van der Waals surface area contributed by atoms with E-state index < -0.39 is 12.5 Å². The van der Waals surface area contributed by atoms with Crippen molar-refractivity contribution < 1.29 is 32.0 Å². The molecule has 1 aliphatic rings. The van der Waals surface area contributed by atoms with Gasteiger partial charge < -0.3 is 18.8 Å². The van der Waals surface area contributed by atoms with Crippen LogP contribution in [0.25, 0.3) is 11.5 Å². The molecule has 10 heteroatoms. The lowest BCUT2D eigenvalue weighted by Crippen LogP contribution is -2.17. The van der Waals surface area contributed by atoms with Crippen molar-refractivity contribution in [1.29, 1.82) is 0 Å². The smallest absolute Gasteiger partial charge is 0.440 e. The largest absolute Gasteiger partial charge is 0.573 e. The van der Waals surface area contributed by atoms with Crippen molar-refractivity contribution >= 4 is 5.90 Å². The number of aromatic nitrogens is 2. The Morgan fingerprint density at radius 1 is 1.07 bits per heavy atom. The summed E-state index contributed by atoms with van der Waals surface area (Å²) in [6.45, 7) is 1.72. The number of oxime groups is 1. The SMILES string of the molecule is Cc1noc(-c2cccc(OC3=NO[C@H](c4ccc(OC(F)(F)F)cc4)C3)c2)n1. The molecule has 0 saturated heterocycles. The average molecular weight is 405 g/mol.